The third-order valence-corrected chi connectivity index (χ3v) is 2.18. The van der Waals surface area contributed by atoms with Gasteiger partial charge in [-0.15, -0.1) is 10.2 Å². The van der Waals surface area contributed by atoms with Crippen LogP contribution in [-0.4, -0.2) is 14.8 Å². The van der Waals surface area contributed by atoms with E-state index in [1.54, 1.807) is 0 Å². The fraction of sp³-hybridized carbons (Fsp3) is 0.778. The molecule has 0 aliphatic heterocycles. The Bertz CT molecular complexity index is 278. The minimum Gasteiger partial charge on any atom is -0.314 e. The lowest BCUT2D eigenvalue weighted by Gasteiger charge is -2.18. The molecule has 1 aliphatic rings. The van der Waals surface area contributed by atoms with Crippen LogP contribution in [0.3, 0.4) is 0 Å². The van der Waals surface area contributed by atoms with Gasteiger partial charge in [0.2, 0.25) is 0 Å². The second-order valence-corrected chi connectivity index (χ2v) is 4.54. The first-order valence-corrected chi connectivity index (χ1v) is 4.49. The average molecular weight is 165 g/mol. The van der Waals surface area contributed by atoms with Gasteiger partial charge in [0.25, 0.3) is 0 Å². The van der Waals surface area contributed by atoms with Gasteiger partial charge in [0.1, 0.15) is 12.2 Å². The van der Waals surface area contributed by atoms with Gasteiger partial charge < -0.3 is 4.57 Å². The van der Waals surface area contributed by atoms with Gasteiger partial charge in [-0.1, -0.05) is 20.8 Å². The third-order valence-electron chi connectivity index (χ3n) is 2.18. The Morgan fingerprint density at radius 1 is 1.42 bits per heavy atom. The van der Waals surface area contributed by atoms with Crippen molar-refractivity contribution in [2.24, 2.45) is 0 Å². The Labute approximate surface area is 72.8 Å². The molecule has 1 aromatic heterocycles. The summed E-state index contributed by atoms with van der Waals surface area (Å²) in [5.41, 5.74) is 0.124. The van der Waals surface area contributed by atoms with Crippen molar-refractivity contribution in [3.05, 3.63) is 12.2 Å². The van der Waals surface area contributed by atoms with Gasteiger partial charge in [0, 0.05) is 11.5 Å². The number of nitrogens with zero attached hydrogens (tertiary/aromatic N) is 3. The van der Waals surface area contributed by atoms with Crippen molar-refractivity contribution in [3.63, 3.8) is 0 Å². The average Bonchev–Trinajstić information content (AvgIpc) is 2.65. The van der Waals surface area contributed by atoms with Gasteiger partial charge >= 0.3 is 0 Å². The second-order valence-electron chi connectivity index (χ2n) is 4.54. The van der Waals surface area contributed by atoms with Crippen molar-refractivity contribution in [2.45, 2.75) is 45.1 Å². The first-order chi connectivity index (χ1) is 5.59. The summed E-state index contributed by atoms with van der Waals surface area (Å²) >= 11 is 0. The van der Waals surface area contributed by atoms with Crippen LogP contribution in [0.1, 0.15) is 45.5 Å². The van der Waals surface area contributed by atoms with Crippen LogP contribution in [0.25, 0.3) is 0 Å². The highest BCUT2D eigenvalue weighted by Crippen LogP contribution is 2.37. The van der Waals surface area contributed by atoms with Crippen molar-refractivity contribution in [1.29, 1.82) is 0 Å². The summed E-state index contributed by atoms with van der Waals surface area (Å²) in [6.07, 6.45) is 4.44. The fourth-order valence-electron chi connectivity index (χ4n) is 1.40. The standard InChI is InChI=1S/C9H15N3/c1-9(2,3)8-11-10-6-12(8)7-4-5-7/h6-7H,4-5H2,1-3H3. The van der Waals surface area contributed by atoms with Crippen molar-refractivity contribution < 1.29 is 0 Å². The SMILES string of the molecule is CC(C)(C)c1nncn1C1CC1. The van der Waals surface area contributed by atoms with E-state index < -0.39 is 0 Å². The molecule has 66 valence electrons. The first-order valence-electron chi connectivity index (χ1n) is 4.49. The molecule has 0 saturated heterocycles. The van der Waals surface area contributed by atoms with Gasteiger partial charge in [-0.25, -0.2) is 0 Å². The Balaban J connectivity index is 2.36. The lowest BCUT2D eigenvalue weighted by Crippen LogP contribution is -2.18. The minimum absolute atomic E-state index is 0.124. The van der Waals surface area contributed by atoms with E-state index >= 15 is 0 Å². The van der Waals surface area contributed by atoms with Crippen molar-refractivity contribution >= 4 is 0 Å². The highest BCUT2D eigenvalue weighted by molar-refractivity contribution is 5.05. The maximum Gasteiger partial charge on any atom is 0.138 e. The fourth-order valence-corrected chi connectivity index (χ4v) is 1.40. The molecule has 0 aromatic carbocycles. The molecule has 0 N–H and O–H groups in total. The summed E-state index contributed by atoms with van der Waals surface area (Å²) in [5, 5.41) is 8.12. The van der Waals surface area contributed by atoms with Crippen LogP contribution in [0.15, 0.2) is 6.33 Å². The topological polar surface area (TPSA) is 30.7 Å². The zero-order valence-electron chi connectivity index (χ0n) is 7.91. The van der Waals surface area contributed by atoms with E-state index in [0.717, 1.165) is 5.82 Å². The van der Waals surface area contributed by atoms with Crippen LogP contribution in [0.5, 0.6) is 0 Å². The van der Waals surface area contributed by atoms with Crippen molar-refractivity contribution in [2.75, 3.05) is 0 Å². The van der Waals surface area contributed by atoms with Gasteiger partial charge in [-0.3, -0.25) is 0 Å². The second kappa shape index (κ2) is 2.31. The smallest absolute Gasteiger partial charge is 0.138 e. The Kier molecular flexibility index (Phi) is 1.50. The van der Waals surface area contributed by atoms with Crippen molar-refractivity contribution in [3.8, 4) is 0 Å². The summed E-state index contributed by atoms with van der Waals surface area (Å²) in [7, 11) is 0. The quantitative estimate of drug-likeness (QED) is 0.636. The van der Waals surface area contributed by atoms with E-state index in [4.69, 9.17) is 0 Å². The Morgan fingerprint density at radius 2 is 2.08 bits per heavy atom. The summed E-state index contributed by atoms with van der Waals surface area (Å²) in [4.78, 5) is 0. The largest absolute Gasteiger partial charge is 0.314 e. The normalized spacial score (nSPS) is 18.2. The van der Waals surface area contributed by atoms with E-state index in [2.05, 4.69) is 35.5 Å². The molecule has 0 unspecified atom stereocenters. The predicted octanol–water partition coefficient (Wildman–Crippen LogP) is 1.91. The molecule has 1 saturated carbocycles. The number of hydrogen-bond acceptors (Lipinski definition) is 2. The lowest BCUT2D eigenvalue weighted by molar-refractivity contribution is 0.500. The number of rotatable bonds is 1. The Morgan fingerprint density at radius 3 is 2.58 bits per heavy atom. The molecule has 3 heteroatoms. The highest BCUT2D eigenvalue weighted by Gasteiger charge is 2.30. The molecule has 1 heterocycles. The summed E-state index contributed by atoms with van der Waals surface area (Å²) in [6.45, 7) is 6.53. The lowest BCUT2D eigenvalue weighted by atomic mass is 9.96. The molecule has 12 heavy (non-hydrogen) atoms. The van der Waals surface area contributed by atoms with Gasteiger partial charge in [0.15, 0.2) is 0 Å². The van der Waals surface area contributed by atoms with Crippen LogP contribution in [0, 0.1) is 0 Å². The van der Waals surface area contributed by atoms with E-state index in [-0.39, 0.29) is 5.41 Å². The maximum absolute atomic E-state index is 4.16. The highest BCUT2D eigenvalue weighted by atomic mass is 15.3. The molecular formula is C9H15N3. The van der Waals surface area contributed by atoms with Gasteiger partial charge in [-0.2, -0.15) is 0 Å². The van der Waals surface area contributed by atoms with Crippen LogP contribution < -0.4 is 0 Å². The monoisotopic (exact) mass is 165 g/mol. The maximum atomic E-state index is 4.16. The van der Waals surface area contributed by atoms with Crippen LogP contribution in [0.2, 0.25) is 0 Å². The molecule has 0 bridgehead atoms. The van der Waals surface area contributed by atoms with E-state index in [1.165, 1.54) is 12.8 Å². The molecule has 0 radical (unpaired) electrons. The third kappa shape index (κ3) is 1.24. The molecule has 2 rings (SSSR count). The predicted molar refractivity (Wildman–Crippen MR) is 47.0 cm³/mol. The zero-order chi connectivity index (χ0) is 8.77. The number of aromatic nitrogens is 3. The molecular weight excluding hydrogens is 150 g/mol. The molecule has 1 aromatic rings. The van der Waals surface area contributed by atoms with E-state index in [9.17, 15) is 0 Å². The minimum atomic E-state index is 0.124. The molecule has 0 amide bonds. The molecule has 0 spiro atoms. The molecule has 1 aliphatic carbocycles. The molecule has 3 nitrogen and oxygen atoms in total. The summed E-state index contributed by atoms with van der Waals surface area (Å²) < 4.78 is 2.22. The van der Waals surface area contributed by atoms with Crippen LogP contribution in [0.4, 0.5) is 0 Å². The Hall–Kier alpha value is -0.860. The van der Waals surface area contributed by atoms with Gasteiger partial charge in [-0.05, 0) is 12.8 Å². The summed E-state index contributed by atoms with van der Waals surface area (Å²) in [6, 6.07) is 0.689. The molecule has 0 atom stereocenters. The van der Waals surface area contributed by atoms with Crippen molar-refractivity contribution in [1.82, 2.24) is 14.8 Å². The van der Waals surface area contributed by atoms with Crippen LogP contribution >= 0.6 is 0 Å². The molecule has 1 fully saturated rings. The summed E-state index contributed by atoms with van der Waals surface area (Å²) in [5.74, 6) is 1.12. The number of hydrogen-bond donors (Lipinski definition) is 0. The van der Waals surface area contributed by atoms with Crippen LogP contribution in [-0.2, 0) is 5.41 Å². The van der Waals surface area contributed by atoms with Gasteiger partial charge in [0.05, 0.1) is 0 Å². The zero-order valence-corrected chi connectivity index (χ0v) is 7.91. The van der Waals surface area contributed by atoms with E-state index in [0.29, 0.717) is 6.04 Å². The van der Waals surface area contributed by atoms with E-state index in [1.807, 2.05) is 6.33 Å². The first kappa shape index (κ1) is 7.77.